The molecule has 0 bridgehead atoms. The third-order valence-corrected chi connectivity index (χ3v) is 3.57. The molecule has 18 heavy (non-hydrogen) atoms. The van der Waals surface area contributed by atoms with Gasteiger partial charge in [-0.05, 0) is 32.0 Å². The van der Waals surface area contributed by atoms with Crippen molar-refractivity contribution in [1.82, 2.24) is 10.3 Å². The average molecular weight is 246 g/mol. The Balaban J connectivity index is 1.91. The zero-order valence-corrected chi connectivity index (χ0v) is 10.6. The van der Waals surface area contributed by atoms with Crippen LogP contribution in [0.5, 0.6) is 5.88 Å². The van der Waals surface area contributed by atoms with Crippen LogP contribution in [0.4, 0.5) is 11.5 Å². The van der Waals surface area contributed by atoms with Crippen LogP contribution in [0.25, 0.3) is 0 Å². The van der Waals surface area contributed by atoms with Gasteiger partial charge in [-0.3, -0.25) is 4.99 Å². The summed E-state index contributed by atoms with van der Waals surface area (Å²) in [5.41, 5.74) is 0.945. The Morgan fingerprint density at radius 2 is 2.17 bits per heavy atom. The molecule has 3 rings (SSSR count). The van der Waals surface area contributed by atoms with Crippen LogP contribution in [0.1, 0.15) is 12.8 Å². The predicted octanol–water partition coefficient (Wildman–Crippen LogP) is 1.36. The second-order valence-electron chi connectivity index (χ2n) is 4.64. The van der Waals surface area contributed by atoms with E-state index >= 15 is 0 Å². The topological polar surface area (TPSA) is 49.8 Å². The molecular formula is C13H18N4O. The number of nitrogens with one attached hydrogen (secondary N) is 1. The molecule has 0 aromatic carbocycles. The minimum absolute atomic E-state index is 0.552. The Kier molecular flexibility index (Phi) is 3.15. The molecule has 1 fully saturated rings. The van der Waals surface area contributed by atoms with Crippen molar-refractivity contribution in [2.75, 3.05) is 31.6 Å². The summed E-state index contributed by atoms with van der Waals surface area (Å²) in [4.78, 5) is 11.3. The molecule has 3 heterocycles. The van der Waals surface area contributed by atoms with Crippen molar-refractivity contribution in [2.45, 2.75) is 18.9 Å². The van der Waals surface area contributed by atoms with Gasteiger partial charge in [-0.1, -0.05) is 0 Å². The minimum Gasteiger partial charge on any atom is -0.481 e. The van der Waals surface area contributed by atoms with E-state index in [-0.39, 0.29) is 0 Å². The Bertz CT molecular complexity index is 454. The highest BCUT2D eigenvalue weighted by Crippen LogP contribution is 2.33. The quantitative estimate of drug-likeness (QED) is 0.856. The van der Waals surface area contributed by atoms with Crippen molar-refractivity contribution in [3.8, 4) is 5.88 Å². The smallest absolute Gasteiger partial charge is 0.215 e. The highest BCUT2D eigenvalue weighted by molar-refractivity contribution is 5.80. The fourth-order valence-corrected chi connectivity index (χ4v) is 2.60. The number of pyridine rings is 1. The van der Waals surface area contributed by atoms with E-state index in [2.05, 4.69) is 20.2 Å². The van der Waals surface area contributed by atoms with Crippen molar-refractivity contribution in [1.29, 1.82) is 0 Å². The number of hydrogen-bond acceptors (Lipinski definition) is 5. The molecule has 0 radical (unpaired) electrons. The van der Waals surface area contributed by atoms with Crippen LogP contribution in [0, 0.1) is 0 Å². The van der Waals surface area contributed by atoms with Crippen molar-refractivity contribution in [3.63, 3.8) is 0 Å². The first-order chi connectivity index (χ1) is 8.88. The highest BCUT2D eigenvalue weighted by Gasteiger charge is 2.25. The summed E-state index contributed by atoms with van der Waals surface area (Å²) >= 11 is 0. The van der Waals surface area contributed by atoms with Crippen molar-refractivity contribution < 1.29 is 4.74 Å². The minimum atomic E-state index is 0.552. The molecule has 2 aliphatic heterocycles. The van der Waals surface area contributed by atoms with Crippen molar-refractivity contribution in [3.05, 3.63) is 12.1 Å². The number of rotatable bonds is 2. The summed E-state index contributed by atoms with van der Waals surface area (Å²) in [5, 5.41) is 3.39. The van der Waals surface area contributed by atoms with Gasteiger partial charge in [-0.2, -0.15) is 4.98 Å². The van der Waals surface area contributed by atoms with Gasteiger partial charge in [-0.15, -0.1) is 0 Å². The molecule has 0 aliphatic carbocycles. The average Bonchev–Trinajstić information content (AvgIpc) is 2.47. The summed E-state index contributed by atoms with van der Waals surface area (Å²) in [6.45, 7) is 3.01. The van der Waals surface area contributed by atoms with E-state index in [4.69, 9.17) is 4.74 Å². The van der Waals surface area contributed by atoms with Gasteiger partial charge in [0, 0.05) is 18.3 Å². The van der Waals surface area contributed by atoms with E-state index in [0.29, 0.717) is 11.9 Å². The zero-order valence-electron chi connectivity index (χ0n) is 10.6. The summed E-state index contributed by atoms with van der Waals surface area (Å²) in [6, 6.07) is 4.39. The van der Waals surface area contributed by atoms with E-state index in [0.717, 1.165) is 44.0 Å². The lowest BCUT2D eigenvalue weighted by Gasteiger charge is -2.36. The third-order valence-electron chi connectivity index (χ3n) is 3.57. The second-order valence-corrected chi connectivity index (χ2v) is 4.64. The first-order valence-corrected chi connectivity index (χ1v) is 6.43. The predicted molar refractivity (Wildman–Crippen MR) is 72.2 cm³/mol. The van der Waals surface area contributed by atoms with E-state index in [1.807, 2.05) is 18.3 Å². The maximum Gasteiger partial charge on any atom is 0.215 e. The fraction of sp³-hybridized carbons (Fsp3) is 0.538. The lowest BCUT2D eigenvalue weighted by molar-refractivity contribution is 0.395. The molecule has 0 spiro atoms. The van der Waals surface area contributed by atoms with E-state index < -0.39 is 0 Å². The molecule has 0 saturated carbocycles. The summed E-state index contributed by atoms with van der Waals surface area (Å²) in [5.74, 6) is 1.62. The molecule has 5 heteroatoms. The molecule has 2 aliphatic rings. The van der Waals surface area contributed by atoms with Crippen molar-refractivity contribution >= 4 is 17.7 Å². The van der Waals surface area contributed by atoms with Gasteiger partial charge in [0.2, 0.25) is 5.88 Å². The molecule has 96 valence electrons. The summed E-state index contributed by atoms with van der Waals surface area (Å²) in [7, 11) is 1.65. The van der Waals surface area contributed by atoms with Gasteiger partial charge < -0.3 is 15.0 Å². The molecule has 0 amide bonds. The number of aromatic nitrogens is 1. The molecular weight excluding hydrogens is 228 g/mol. The SMILES string of the molecule is COc1ccc2c(n1)N(C1CCNCC1)CC=N2. The van der Waals surface area contributed by atoms with Crippen LogP contribution < -0.4 is 15.0 Å². The standard InChI is InChI=1S/C13H18N4O/c1-18-12-3-2-11-13(16-12)17(9-8-15-11)10-4-6-14-7-5-10/h2-3,8,10,14H,4-7,9H2,1H3. The third kappa shape index (κ3) is 2.06. The molecule has 0 unspecified atom stereocenters. The second kappa shape index (κ2) is 4.94. The van der Waals surface area contributed by atoms with Gasteiger partial charge >= 0.3 is 0 Å². The summed E-state index contributed by atoms with van der Waals surface area (Å²) < 4.78 is 5.21. The molecule has 5 nitrogen and oxygen atoms in total. The van der Waals surface area contributed by atoms with Gasteiger partial charge in [0.15, 0.2) is 5.82 Å². The van der Waals surface area contributed by atoms with E-state index in [9.17, 15) is 0 Å². The normalized spacial score (nSPS) is 19.7. The molecule has 1 aromatic rings. The maximum absolute atomic E-state index is 5.21. The van der Waals surface area contributed by atoms with Gasteiger partial charge in [0.1, 0.15) is 5.69 Å². The van der Waals surface area contributed by atoms with Crippen molar-refractivity contribution in [2.24, 2.45) is 4.99 Å². The number of ether oxygens (including phenoxy) is 1. The Hall–Kier alpha value is -1.62. The van der Waals surface area contributed by atoms with Gasteiger partial charge in [0.05, 0.1) is 13.7 Å². The zero-order chi connectivity index (χ0) is 12.4. The summed E-state index contributed by atoms with van der Waals surface area (Å²) in [6.07, 6.45) is 4.29. The molecule has 1 saturated heterocycles. The Morgan fingerprint density at radius 3 is 2.94 bits per heavy atom. The fourth-order valence-electron chi connectivity index (χ4n) is 2.60. The lowest BCUT2D eigenvalue weighted by Crippen LogP contribution is -2.45. The Morgan fingerprint density at radius 1 is 1.33 bits per heavy atom. The number of hydrogen-bond donors (Lipinski definition) is 1. The van der Waals surface area contributed by atoms with Gasteiger partial charge in [-0.25, -0.2) is 0 Å². The monoisotopic (exact) mass is 246 g/mol. The van der Waals surface area contributed by atoms with Crippen LogP contribution >= 0.6 is 0 Å². The molecule has 1 aromatic heterocycles. The number of fused-ring (bicyclic) bond motifs is 1. The van der Waals surface area contributed by atoms with Gasteiger partial charge in [0.25, 0.3) is 0 Å². The largest absolute Gasteiger partial charge is 0.481 e. The van der Waals surface area contributed by atoms with Crippen LogP contribution in [-0.2, 0) is 0 Å². The highest BCUT2D eigenvalue weighted by atomic mass is 16.5. The van der Waals surface area contributed by atoms with Crippen LogP contribution in [-0.4, -0.2) is 44.0 Å². The Labute approximate surface area is 107 Å². The van der Waals surface area contributed by atoms with Crippen LogP contribution in [0.2, 0.25) is 0 Å². The number of methoxy groups -OCH3 is 1. The van der Waals surface area contributed by atoms with E-state index in [1.54, 1.807) is 7.11 Å². The van der Waals surface area contributed by atoms with Crippen LogP contribution in [0.15, 0.2) is 17.1 Å². The van der Waals surface area contributed by atoms with Crippen LogP contribution in [0.3, 0.4) is 0 Å². The van der Waals surface area contributed by atoms with E-state index in [1.165, 1.54) is 0 Å². The number of aliphatic imine (C=N–C) groups is 1. The number of piperidine rings is 1. The molecule has 0 atom stereocenters. The lowest BCUT2D eigenvalue weighted by atomic mass is 10.0. The number of nitrogens with zero attached hydrogens (tertiary/aromatic N) is 3. The molecule has 1 N–H and O–H groups in total. The maximum atomic E-state index is 5.21. The first-order valence-electron chi connectivity index (χ1n) is 6.43. The number of anilines is 1. The first kappa shape index (κ1) is 11.5.